The Kier molecular flexibility index (Phi) is 7.70. The molecule has 0 amide bonds. The van der Waals surface area contributed by atoms with Gasteiger partial charge in [0.25, 0.3) is 0 Å². The summed E-state index contributed by atoms with van der Waals surface area (Å²) >= 11 is 0. The SMILES string of the molecule is COc1ccc(S(=O)(=O)C(CCCCc2ccccc2)(CC(=O)O)c2ccccc2)cc1. The molecular weight excluding hydrogens is 424 g/mol. The minimum atomic E-state index is -4.02. The number of carbonyl (C=O) groups is 1. The van der Waals surface area contributed by atoms with E-state index in [0.29, 0.717) is 17.7 Å². The largest absolute Gasteiger partial charge is 0.497 e. The van der Waals surface area contributed by atoms with E-state index in [2.05, 4.69) is 0 Å². The first-order valence-electron chi connectivity index (χ1n) is 10.6. The Morgan fingerprint density at radius 1 is 0.875 bits per heavy atom. The number of aryl methyl sites for hydroxylation is 1. The third kappa shape index (κ3) is 5.19. The monoisotopic (exact) mass is 452 g/mol. The van der Waals surface area contributed by atoms with Crippen molar-refractivity contribution in [2.45, 2.75) is 41.7 Å². The third-order valence-corrected chi connectivity index (χ3v) is 8.27. The Balaban J connectivity index is 1.99. The highest BCUT2D eigenvalue weighted by molar-refractivity contribution is 7.92. The number of sulfone groups is 1. The molecule has 1 atom stereocenters. The zero-order valence-electron chi connectivity index (χ0n) is 18.1. The fraction of sp³-hybridized carbons (Fsp3) is 0.269. The molecule has 0 saturated carbocycles. The van der Waals surface area contributed by atoms with Gasteiger partial charge in [0.05, 0.1) is 18.4 Å². The molecule has 6 heteroatoms. The van der Waals surface area contributed by atoms with Crippen molar-refractivity contribution in [3.8, 4) is 5.75 Å². The molecule has 3 aromatic rings. The lowest BCUT2D eigenvalue weighted by molar-refractivity contribution is -0.137. The molecular formula is C26H28O5S. The maximum Gasteiger partial charge on any atom is 0.305 e. The highest BCUT2D eigenvalue weighted by Gasteiger charge is 2.47. The number of carboxylic acids is 1. The lowest BCUT2D eigenvalue weighted by atomic mass is 9.89. The van der Waals surface area contributed by atoms with Gasteiger partial charge in [0.15, 0.2) is 9.84 Å². The van der Waals surface area contributed by atoms with E-state index >= 15 is 0 Å². The number of hydrogen-bond donors (Lipinski definition) is 1. The van der Waals surface area contributed by atoms with Crippen molar-refractivity contribution < 1.29 is 23.1 Å². The molecule has 0 aromatic heterocycles. The van der Waals surface area contributed by atoms with Gasteiger partial charge in [0.1, 0.15) is 10.5 Å². The molecule has 0 aliphatic rings. The van der Waals surface area contributed by atoms with E-state index < -0.39 is 27.0 Å². The minimum absolute atomic E-state index is 0.0893. The number of hydrogen-bond acceptors (Lipinski definition) is 4. The maximum atomic E-state index is 13.9. The topological polar surface area (TPSA) is 80.7 Å². The first-order chi connectivity index (χ1) is 15.4. The molecule has 3 aromatic carbocycles. The highest BCUT2D eigenvalue weighted by atomic mass is 32.2. The van der Waals surface area contributed by atoms with E-state index in [1.54, 1.807) is 42.5 Å². The van der Waals surface area contributed by atoms with Crippen LogP contribution in [0, 0.1) is 0 Å². The van der Waals surface area contributed by atoms with E-state index in [-0.39, 0.29) is 11.3 Å². The van der Waals surface area contributed by atoms with Crippen LogP contribution in [0.15, 0.2) is 89.8 Å². The Hall–Kier alpha value is -3.12. The number of benzene rings is 3. The van der Waals surface area contributed by atoms with Crippen molar-refractivity contribution in [3.63, 3.8) is 0 Å². The quantitative estimate of drug-likeness (QED) is 0.402. The molecule has 0 fully saturated rings. The number of ether oxygens (including phenoxy) is 1. The van der Waals surface area contributed by atoms with Gasteiger partial charge < -0.3 is 9.84 Å². The molecule has 0 saturated heterocycles. The first kappa shape index (κ1) is 23.5. The minimum Gasteiger partial charge on any atom is -0.497 e. The average molecular weight is 453 g/mol. The Morgan fingerprint density at radius 3 is 2.03 bits per heavy atom. The second-order valence-electron chi connectivity index (χ2n) is 7.80. The number of rotatable bonds is 11. The molecule has 3 rings (SSSR count). The molecule has 168 valence electrons. The summed E-state index contributed by atoms with van der Waals surface area (Å²) in [6, 6.07) is 24.8. The Labute approximate surface area is 189 Å². The van der Waals surface area contributed by atoms with Crippen LogP contribution in [0.2, 0.25) is 0 Å². The third-order valence-electron chi connectivity index (χ3n) is 5.76. The number of aliphatic carboxylic acids is 1. The van der Waals surface area contributed by atoms with Gasteiger partial charge in [-0.1, -0.05) is 67.1 Å². The van der Waals surface area contributed by atoms with Crippen LogP contribution in [-0.4, -0.2) is 26.6 Å². The van der Waals surface area contributed by atoms with Crippen LogP contribution in [0.3, 0.4) is 0 Å². The van der Waals surface area contributed by atoms with Crippen LogP contribution in [0.25, 0.3) is 0 Å². The van der Waals surface area contributed by atoms with Crippen LogP contribution in [0.4, 0.5) is 0 Å². The second-order valence-corrected chi connectivity index (χ2v) is 10.1. The van der Waals surface area contributed by atoms with Crippen molar-refractivity contribution in [2.24, 2.45) is 0 Å². The lowest BCUT2D eigenvalue weighted by Crippen LogP contribution is -2.38. The molecule has 5 nitrogen and oxygen atoms in total. The summed E-state index contributed by atoms with van der Waals surface area (Å²) < 4.78 is 31.5. The smallest absolute Gasteiger partial charge is 0.305 e. The molecule has 1 unspecified atom stereocenters. The lowest BCUT2D eigenvalue weighted by Gasteiger charge is -2.33. The van der Waals surface area contributed by atoms with Gasteiger partial charge >= 0.3 is 5.97 Å². The van der Waals surface area contributed by atoms with Gasteiger partial charge in [0, 0.05) is 0 Å². The standard InChI is InChI=1S/C26H28O5S/c1-31-23-15-17-24(18-16-23)32(29,30)26(20-25(27)28,22-13-6-3-7-14-22)19-9-8-12-21-10-4-2-5-11-21/h2-7,10-11,13-18H,8-9,12,19-20H2,1H3,(H,27,28). The summed E-state index contributed by atoms with van der Waals surface area (Å²) in [5.41, 5.74) is 1.67. The maximum absolute atomic E-state index is 13.9. The zero-order chi connectivity index (χ0) is 23.0. The highest BCUT2D eigenvalue weighted by Crippen LogP contribution is 2.43. The van der Waals surface area contributed by atoms with E-state index in [0.717, 1.165) is 12.8 Å². The molecule has 32 heavy (non-hydrogen) atoms. The van der Waals surface area contributed by atoms with Crippen molar-refractivity contribution in [1.29, 1.82) is 0 Å². The fourth-order valence-electron chi connectivity index (χ4n) is 4.07. The predicted octanol–water partition coefficient (Wildman–Crippen LogP) is 5.25. The van der Waals surface area contributed by atoms with E-state index in [9.17, 15) is 18.3 Å². The van der Waals surface area contributed by atoms with Crippen molar-refractivity contribution in [2.75, 3.05) is 7.11 Å². The molecule has 0 aliphatic carbocycles. The van der Waals surface area contributed by atoms with Crippen molar-refractivity contribution >= 4 is 15.8 Å². The normalized spacial score (nSPS) is 13.3. The first-order valence-corrected chi connectivity index (χ1v) is 12.1. The molecule has 0 heterocycles. The van der Waals surface area contributed by atoms with Gasteiger partial charge in [-0.2, -0.15) is 0 Å². The van der Waals surface area contributed by atoms with Crippen molar-refractivity contribution in [1.82, 2.24) is 0 Å². The number of unbranched alkanes of at least 4 members (excludes halogenated alkanes) is 1. The van der Waals surface area contributed by atoms with Gasteiger partial charge in [-0.05, 0) is 54.7 Å². The zero-order valence-corrected chi connectivity index (χ0v) is 18.9. The summed E-state index contributed by atoms with van der Waals surface area (Å²) in [6.07, 6.45) is 1.85. The number of methoxy groups -OCH3 is 1. The van der Waals surface area contributed by atoms with Crippen LogP contribution < -0.4 is 4.74 Å². The summed E-state index contributed by atoms with van der Waals surface area (Å²) in [4.78, 5) is 12.0. The summed E-state index contributed by atoms with van der Waals surface area (Å²) in [7, 11) is -2.51. The summed E-state index contributed by atoms with van der Waals surface area (Å²) in [6.45, 7) is 0. The second kappa shape index (κ2) is 10.5. The Bertz CT molecular complexity index is 1110. The van der Waals surface area contributed by atoms with Crippen LogP contribution >= 0.6 is 0 Å². The predicted molar refractivity (Wildman–Crippen MR) is 125 cm³/mol. The summed E-state index contributed by atoms with van der Waals surface area (Å²) in [5.74, 6) is -0.607. The van der Waals surface area contributed by atoms with Gasteiger partial charge in [-0.15, -0.1) is 0 Å². The molecule has 0 radical (unpaired) electrons. The van der Waals surface area contributed by atoms with Crippen LogP contribution in [-0.2, 0) is 25.8 Å². The van der Waals surface area contributed by atoms with Gasteiger partial charge in [0.2, 0.25) is 0 Å². The molecule has 0 spiro atoms. The van der Waals surface area contributed by atoms with Crippen LogP contribution in [0.5, 0.6) is 5.75 Å². The van der Waals surface area contributed by atoms with Crippen molar-refractivity contribution in [3.05, 3.63) is 96.1 Å². The molecule has 0 bridgehead atoms. The molecule has 1 N–H and O–H groups in total. The van der Waals surface area contributed by atoms with E-state index in [1.807, 2.05) is 30.3 Å². The van der Waals surface area contributed by atoms with Crippen LogP contribution in [0.1, 0.15) is 36.8 Å². The Morgan fingerprint density at radius 2 is 1.47 bits per heavy atom. The number of carboxylic acid groups (broad SMARTS) is 1. The average Bonchev–Trinajstić information content (AvgIpc) is 2.82. The van der Waals surface area contributed by atoms with Gasteiger partial charge in [-0.25, -0.2) is 8.42 Å². The fourth-order valence-corrected chi connectivity index (χ4v) is 6.19. The van der Waals surface area contributed by atoms with Gasteiger partial charge in [-0.3, -0.25) is 4.79 Å². The molecule has 0 aliphatic heterocycles. The van der Waals surface area contributed by atoms with E-state index in [1.165, 1.54) is 24.8 Å². The summed E-state index contributed by atoms with van der Waals surface area (Å²) in [5, 5.41) is 9.75. The van der Waals surface area contributed by atoms with E-state index in [4.69, 9.17) is 4.74 Å².